The molecule has 0 fully saturated rings. The van der Waals surface area contributed by atoms with Crippen LogP contribution in [0.2, 0.25) is 0 Å². The quantitative estimate of drug-likeness (QED) is 0.300. The van der Waals surface area contributed by atoms with Gasteiger partial charge >= 0.3 is 8.56 Å². The molecule has 0 heterocycles. The first-order valence-electron chi connectivity index (χ1n) is 1.10. The van der Waals surface area contributed by atoms with Crippen molar-refractivity contribution in [2.24, 2.45) is 0 Å². The standard InChI is InChI=1S/Mn.2NO3/c;2*2-1(3)4/q;2*-1/p+6. The van der Waals surface area contributed by atoms with E-state index in [2.05, 4.69) is 0 Å². The van der Waals surface area contributed by atoms with Crippen molar-refractivity contribution in [2.75, 3.05) is 0 Å². The predicted octanol–water partition coefficient (Wildman–Crippen LogP) is 0.194. The molecule has 0 N–H and O–H groups in total. The van der Waals surface area contributed by atoms with Crippen LogP contribution in [0.5, 0.6) is 0 Å². The van der Waals surface area contributed by atoms with Crippen molar-refractivity contribution in [1.82, 2.24) is 0 Å². The van der Waals surface area contributed by atoms with Gasteiger partial charge in [0.1, 0.15) is 0 Å². The first-order valence-corrected chi connectivity index (χ1v) is 1.10. The molecule has 0 amide bonds. The predicted molar refractivity (Wildman–Crippen MR) is 27.4 cm³/mol. The molecule has 9 heavy (non-hydrogen) atoms. The fourth-order valence-electron chi connectivity index (χ4n) is 0. The molecular formula is H6MnN2O6+4. The third kappa shape index (κ3) is 143. The summed E-state index contributed by atoms with van der Waals surface area (Å²) in [5, 5.41) is 29.5. The Morgan fingerprint density at radius 2 is 0.889 bits per heavy atom. The zero-order chi connectivity index (χ0) is 7.15. The van der Waals surface area contributed by atoms with Crippen LogP contribution in [0.25, 0.3) is 0 Å². The summed E-state index contributed by atoms with van der Waals surface area (Å²) >= 11 is 0. The van der Waals surface area contributed by atoms with Crippen molar-refractivity contribution in [3.63, 3.8) is 0 Å². The molecule has 0 spiro atoms. The number of hydrogen-bond acceptors (Lipinski definition) is 6. The van der Waals surface area contributed by atoms with Crippen LogP contribution in [0.15, 0.2) is 0 Å². The van der Waals surface area contributed by atoms with Gasteiger partial charge in [-0.15, -0.1) is 0 Å². The minimum absolute atomic E-state index is 0. The van der Waals surface area contributed by atoms with Gasteiger partial charge in [0.25, 0.3) is 0 Å². The van der Waals surface area contributed by atoms with E-state index in [-0.39, 0.29) is 25.6 Å². The molecule has 0 aromatic rings. The molecule has 0 aromatic carbocycles. The van der Waals surface area contributed by atoms with E-state index in [1.807, 2.05) is 0 Å². The van der Waals surface area contributed by atoms with Crippen molar-refractivity contribution in [1.29, 1.82) is 0 Å². The van der Waals surface area contributed by atoms with Crippen LogP contribution in [-0.2, 0) is 17.1 Å². The normalized spacial score (nSPS) is 5.33. The Kier molecular flexibility index (Phi) is 17.4. The second kappa shape index (κ2) is 10.0. The van der Waals surface area contributed by atoms with Crippen LogP contribution >= 0.6 is 0 Å². The van der Waals surface area contributed by atoms with Crippen molar-refractivity contribution >= 4 is 0 Å². The summed E-state index contributed by atoms with van der Waals surface area (Å²) in [6, 6.07) is 0. The molecule has 0 aliphatic heterocycles. The maximum atomic E-state index is 8.25. The molecule has 0 aliphatic rings. The molecule has 0 atom stereocenters. The topological polar surface area (TPSA) is 132 Å². The third-order valence-corrected chi connectivity index (χ3v) is 0. The molecule has 0 unspecified atom stereocenters. The van der Waals surface area contributed by atoms with Crippen LogP contribution < -0.4 is 0 Å². The summed E-state index contributed by atoms with van der Waals surface area (Å²) in [6.45, 7) is 0. The Labute approximate surface area is 67.7 Å². The molecule has 8 nitrogen and oxygen atoms in total. The smallest absolute Gasteiger partial charge is 0.356 e. The summed E-state index contributed by atoms with van der Waals surface area (Å²) in [5.74, 6) is 0. The van der Waals surface area contributed by atoms with Crippen molar-refractivity contribution in [3.8, 4) is 0 Å². The molecular weight excluding hydrogens is 179 g/mol. The Morgan fingerprint density at radius 1 is 0.889 bits per heavy atom. The molecule has 0 bridgehead atoms. The van der Waals surface area contributed by atoms with E-state index >= 15 is 0 Å². The van der Waals surface area contributed by atoms with E-state index in [1.54, 1.807) is 0 Å². The summed E-state index contributed by atoms with van der Waals surface area (Å²) < 4.78 is 0. The number of hydrogen-bond donors (Lipinski definition) is 0. The van der Waals surface area contributed by atoms with Crippen LogP contribution in [0.3, 0.4) is 0 Å². The van der Waals surface area contributed by atoms with Gasteiger partial charge in [0.05, 0.1) is 10.2 Å². The molecule has 0 aromatic heterocycles. The van der Waals surface area contributed by atoms with Crippen LogP contribution in [0.4, 0.5) is 0 Å². The number of nitrogens with zero attached hydrogens (tertiary/aromatic N) is 2. The van der Waals surface area contributed by atoms with Gasteiger partial charge in [0.2, 0.25) is 0 Å². The summed E-state index contributed by atoms with van der Waals surface area (Å²) in [6.07, 6.45) is 0. The van der Waals surface area contributed by atoms with Gasteiger partial charge in [-0.1, -0.05) is 0 Å². The molecule has 0 rings (SSSR count). The second-order valence-corrected chi connectivity index (χ2v) is 0.447. The maximum absolute atomic E-state index is 8.25. The average Bonchev–Trinajstić information content (AvgIpc) is 1.25. The summed E-state index contributed by atoms with van der Waals surface area (Å²) in [5.41, 5.74) is 0. The summed E-state index contributed by atoms with van der Waals surface area (Å²) in [7, 11) is 0. The first-order chi connectivity index (χ1) is 3.46. The van der Waals surface area contributed by atoms with Crippen molar-refractivity contribution in [2.45, 2.75) is 0 Å². The van der Waals surface area contributed by atoms with Gasteiger partial charge in [-0.05, 0) is 0 Å². The Hall–Kier alpha value is -1.08. The molecule has 9 heteroatoms. The Bertz CT molecular complexity index is 83.6. The SMILES string of the molecule is O=[N+]([O-])[O-].O=[N+]([O-])[O-].[H+].[H+].[H+].[H+].[H+].[H+].[Mn]. The molecule has 1 radical (unpaired) electrons. The van der Waals surface area contributed by atoms with Gasteiger partial charge < -0.3 is 30.6 Å². The Balaban J connectivity index is -0.00000000468. The summed E-state index contributed by atoms with van der Waals surface area (Å²) in [4.78, 5) is 16.5. The Morgan fingerprint density at radius 3 is 0.889 bits per heavy atom. The average molecular weight is 185 g/mol. The molecule has 0 aliphatic carbocycles. The van der Waals surface area contributed by atoms with Gasteiger partial charge in [-0.25, -0.2) is 0 Å². The van der Waals surface area contributed by atoms with E-state index in [9.17, 15) is 0 Å². The first kappa shape index (κ1) is 15.7. The maximum Gasteiger partial charge on any atom is 1.00 e. The van der Waals surface area contributed by atoms with E-state index in [0.29, 0.717) is 0 Å². The van der Waals surface area contributed by atoms with Crippen LogP contribution in [0, 0.1) is 30.6 Å². The van der Waals surface area contributed by atoms with Gasteiger partial charge in [0.15, 0.2) is 0 Å². The van der Waals surface area contributed by atoms with Crippen LogP contribution in [0.1, 0.15) is 8.56 Å². The fourth-order valence-corrected chi connectivity index (χ4v) is 0. The molecule has 0 saturated carbocycles. The van der Waals surface area contributed by atoms with E-state index in [1.165, 1.54) is 0 Å². The van der Waals surface area contributed by atoms with Gasteiger partial charge in [-0.2, -0.15) is 0 Å². The second-order valence-electron chi connectivity index (χ2n) is 0.447. The number of rotatable bonds is 0. The minimum Gasteiger partial charge on any atom is -0.356 e. The monoisotopic (exact) mass is 185 g/mol. The van der Waals surface area contributed by atoms with E-state index in [0.717, 1.165) is 0 Å². The minimum atomic E-state index is -1.75. The van der Waals surface area contributed by atoms with Crippen molar-refractivity contribution < 1.29 is 35.8 Å². The van der Waals surface area contributed by atoms with Gasteiger partial charge in [-0.3, -0.25) is 0 Å². The third-order valence-electron chi connectivity index (χ3n) is 0. The van der Waals surface area contributed by atoms with E-state index in [4.69, 9.17) is 30.6 Å². The zero-order valence-corrected chi connectivity index (χ0v) is 4.90. The largest absolute Gasteiger partial charge is 1.00 e. The zero-order valence-electron chi connectivity index (χ0n) is 9.72. The van der Waals surface area contributed by atoms with Crippen LogP contribution in [-0.4, -0.2) is 10.2 Å². The fraction of sp³-hybridized carbons (Fsp3) is 0. The van der Waals surface area contributed by atoms with Crippen molar-refractivity contribution in [3.05, 3.63) is 30.6 Å². The van der Waals surface area contributed by atoms with E-state index < -0.39 is 10.2 Å². The molecule has 55 valence electrons. The molecule has 0 saturated heterocycles. The van der Waals surface area contributed by atoms with Gasteiger partial charge in [0, 0.05) is 17.1 Å².